The van der Waals surface area contributed by atoms with Crippen molar-refractivity contribution in [3.63, 3.8) is 0 Å². The van der Waals surface area contributed by atoms with E-state index in [4.69, 9.17) is 25.8 Å². The van der Waals surface area contributed by atoms with Crippen molar-refractivity contribution in [2.45, 2.75) is 78.7 Å². The average Bonchev–Trinajstić information content (AvgIpc) is 3.14. The van der Waals surface area contributed by atoms with E-state index >= 15 is 0 Å². The maximum absolute atomic E-state index is 11.2. The second-order valence-electron chi connectivity index (χ2n) is 14.6. The summed E-state index contributed by atoms with van der Waals surface area (Å²) in [6.07, 6.45) is 8.83. The number of rotatable bonds is 17. The number of hydrogen-bond donors (Lipinski definition) is 3. The number of ether oxygens (including phenoxy) is 3. The van der Waals surface area contributed by atoms with Crippen LogP contribution in [0.5, 0.6) is 17.2 Å². The van der Waals surface area contributed by atoms with Crippen molar-refractivity contribution < 1.29 is 24.1 Å². The SMILES string of the molecule is CC(=O)NCCNCc1cc(Cl)c(OCc2cccc(-c3cccc(OCCCN4CCC5(CC4)CC(O)C5)c3C)c2C)cc1OCc1cccnc1. The Bertz CT molecular complexity index is 1820. The lowest BCUT2D eigenvalue weighted by atomic mass is 9.61. The summed E-state index contributed by atoms with van der Waals surface area (Å²) in [5, 5.41) is 16.4. The predicted octanol–water partition coefficient (Wildman–Crippen LogP) is 7.41. The van der Waals surface area contributed by atoms with Gasteiger partial charge in [0.15, 0.2) is 0 Å². The zero-order valence-corrected chi connectivity index (χ0v) is 32.0. The molecule has 1 aromatic heterocycles. The Morgan fingerprint density at radius 3 is 2.40 bits per heavy atom. The fourth-order valence-corrected chi connectivity index (χ4v) is 7.81. The van der Waals surface area contributed by atoms with Crippen LogP contribution in [0.2, 0.25) is 5.02 Å². The van der Waals surface area contributed by atoms with E-state index in [0.29, 0.717) is 61.4 Å². The highest BCUT2D eigenvalue weighted by Crippen LogP contribution is 2.49. The molecule has 1 aliphatic heterocycles. The zero-order chi connectivity index (χ0) is 37.2. The van der Waals surface area contributed by atoms with Crippen LogP contribution in [-0.2, 0) is 24.6 Å². The topological polar surface area (TPSA) is 105 Å². The van der Waals surface area contributed by atoms with Crippen LogP contribution in [0, 0.1) is 19.3 Å². The number of pyridine rings is 1. The van der Waals surface area contributed by atoms with Crippen molar-refractivity contribution in [3.05, 3.63) is 106 Å². The minimum absolute atomic E-state index is 0.0602. The van der Waals surface area contributed by atoms with Crippen molar-refractivity contribution in [2.75, 3.05) is 39.3 Å². The van der Waals surface area contributed by atoms with Gasteiger partial charge in [-0.05, 0) is 110 Å². The molecule has 1 saturated heterocycles. The minimum atomic E-state index is -0.0720. The third-order valence-electron chi connectivity index (χ3n) is 10.8. The molecule has 4 aromatic rings. The van der Waals surface area contributed by atoms with Crippen LogP contribution in [0.25, 0.3) is 11.1 Å². The maximum atomic E-state index is 11.2. The number of halogens is 1. The number of nitrogens with one attached hydrogen (secondary N) is 2. The van der Waals surface area contributed by atoms with Crippen LogP contribution in [0.3, 0.4) is 0 Å². The number of hydrogen-bond acceptors (Lipinski definition) is 8. The van der Waals surface area contributed by atoms with Crippen molar-refractivity contribution >= 4 is 17.5 Å². The molecule has 3 aromatic carbocycles. The summed E-state index contributed by atoms with van der Waals surface area (Å²) in [5.41, 5.74) is 7.86. The van der Waals surface area contributed by atoms with E-state index in [1.807, 2.05) is 24.3 Å². The van der Waals surface area contributed by atoms with E-state index in [-0.39, 0.29) is 12.0 Å². The van der Waals surface area contributed by atoms with Crippen LogP contribution in [0.1, 0.15) is 66.8 Å². The first kappa shape index (κ1) is 38.6. The third-order valence-corrected chi connectivity index (χ3v) is 11.1. The smallest absolute Gasteiger partial charge is 0.216 e. The van der Waals surface area contributed by atoms with Gasteiger partial charge in [0.25, 0.3) is 0 Å². The summed E-state index contributed by atoms with van der Waals surface area (Å²) in [5.74, 6) is 2.06. The third kappa shape index (κ3) is 10.3. The number of aromatic nitrogens is 1. The Balaban J connectivity index is 1.08. The van der Waals surface area contributed by atoms with Gasteiger partial charge >= 0.3 is 0 Å². The Morgan fingerprint density at radius 2 is 1.66 bits per heavy atom. The molecule has 282 valence electrons. The number of amides is 1. The van der Waals surface area contributed by atoms with Gasteiger partial charge < -0.3 is 34.9 Å². The molecule has 0 atom stereocenters. The molecule has 1 amide bonds. The summed E-state index contributed by atoms with van der Waals surface area (Å²) in [6.45, 7) is 12.1. The molecule has 53 heavy (non-hydrogen) atoms. The number of carbonyl (C=O) groups excluding carboxylic acids is 1. The normalized spacial score (nSPS) is 15.6. The number of aliphatic hydroxyl groups excluding tert-OH is 1. The van der Waals surface area contributed by atoms with Gasteiger partial charge in [0.1, 0.15) is 30.5 Å². The lowest BCUT2D eigenvalue weighted by Crippen LogP contribution is -2.49. The molecular weight excluding hydrogens is 688 g/mol. The fraction of sp³-hybridized carbons (Fsp3) is 0.442. The first-order valence-corrected chi connectivity index (χ1v) is 19.2. The van der Waals surface area contributed by atoms with Gasteiger partial charge in [-0.2, -0.15) is 0 Å². The summed E-state index contributed by atoms with van der Waals surface area (Å²) in [4.78, 5) is 18.0. The Hall–Kier alpha value is -4.15. The predicted molar refractivity (Wildman–Crippen MR) is 210 cm³/mol. The standard InChI is InChI=1S/C43H53ClN4O5/c1-30-34(29-53-42-23-41(52-28-33-8-6-15-45-26-33)35(22-39(42)44)27-46-16-17-47-32(3)49)9-4-10-37(30)38-11-5-12-40(31(38)2)51-21-7-18-48-19-13-43(14-20-48)24-36(50)25-43/h4-6,8-12,15,22-23,26,36,46,50H,7,13-14,16-21,24-25,27-29H2,1-3H3,(H,47,49). The van der Waals surface area contributed by atoms with Gasteiger partial charge in [0, 0.05) is 62.7 Å². The van der Waals surface area contributed by atoms with Crippen LogP contribution >= 0.6 is 11.6 Å². The summed E-state index contributed by atoms with van der Waals surface area (Å²) >= 11 is 6.79. The highest BCUT2D eigenvalue weighted by molar-refractivity contribution is 6.32. The molecule has 0 radical (unpaired) electrons. The van der Waals surface area contributed by atoms with Crippen molar-refractivity contribution in [3.8, 4) is 28.4 Å². The van der Waals surface area contributed by atoms with E-state index < -0.39 is 0 Å². The molecule has 2 aliphatic rings. The van der Waals surface area contributed by atoms with E-state index in [9.17, 15) is 9.90 Å². The first-order valence-electron chi connectivity index (χ1n) is 18.8. The van der Waals surface area contributed by atoms with E-state index in [2.05, 4.69) is 70.8 Å². The molecule has 3 N–H and O–H groups in total. The molecule has 2 heterocycles. The second kappa shape index (κ2) is 18.3. The number of carbonyl (C=O) groups is 1. The van der Waals surface area contributed by atoms with Crippen molar-refractivity contribution in [1.29, 1.82) is 0 Å². The fourth-order valence-electron chi connectivity index (χ4n) is 7.57. The van der Waals surface area contributed by atoms with E-state index in [1.165, 1.54) is 19.8 Å². The zero-order valence-electron chi connectivity index (χ0n) is 31.3. The molecule has 2 fully saturated rings. The van der Waals surface area contributed by atoms with Crippen molar-refractivity contribution in [1.82, 2.24) is 20.5 Å². The average molecular weight is 741 g/mol. The number of piperidine rings is 1. The maximum Gasteiger partial charge on any atom is 0.216 e. The van der Waals surface area contributed by atoms with Crippen molar-refractivity contribution in [2.24, 2.45) is 5.41 Å². The number of aliphatic hydroxyl groups is 1. The van der Waals surface area contributed by atoms with E-state index in [0.717, 1.165) is 83.6 Å². The minimum Gasteiger partial charge on any atom is -0.493 e. The number of nitrogens with zero attached hydrogens (tertiary/aromatic N) is 2. The molecule has 9 nitrogen and oxygen atoms in total. The summed E-state index contributed by atoms with van der Waals surface area (Å²) < 4.78 is 19.0. The van der Waals surface area contributed by atoms with Gasteiger partial charge in [-0.3, -0.25) is 9.78 Å². The Labute approximate surface area is 319 Å². The largest absolute Gasteiger partial charge is 0.493 e. The molecule has 1 saturated carbocycles. The van der Waals surface area contributed by atoms with Crippen LogP contribution < -0.4 is 24.8 Å². The monoisotopic (exact) mass is 740 g/mol. The van der Waals surface area contributed by atoms with Gasteiger partial charge in [-0.15, -0.1) is 0 Å². The lowest BCUT2D eigenvalue weighted by Gasteiger charge is -2.50. The molecular formula is C43H53ClN4O5. The van der Waals surface area contributed by atoms with Gasteiger partial charge in [-0.25, -0.2) is 0 Å². The Morgan fingerprint density at radius 1 is 0.906 bits per heavy atom. The second-order valence-corrected chi connectivity index (χ2v) is 15.0. The van der Waals surface area contributed by atoms with Gasteiger partial charge in [0.2, 0.25) is 5.91 Å². The van der Waals surface area contributed by atoms with Crippen LogP contribution in [0.15, 0.2) is 73.1 Å². The molecule has 0 unspecified atom stereocenters. The molecule has 1 spiro atoms. The van der Waals surface area contributed by atoms with Gasteiger partial charge in [0.05, 0.1) is 17.7 Å². The highest BCUT2D eigenvalue weighted by atomic mass is 35.5. The quantitative estimate of drug-likeness (QED) is 0.0963. The molecule has 10 heteroatoms. The first-order chi connectivity index (χ1) is 25.7. The lowest BCUT2D eigenvalue weighted by molar-refractivity contribution is -0.118. The highest BCUT2D eigenvalue weighted by Gasteiger charge is 2.44. The Kier molecular flexibility index (Phi) is 13.3. The number of benzene rings is 3. The van der Waals surface area contributed by atoms with Crippen LogP contribution in [0.4, 0.5) is 0 Å². The van der Waals surface area contributed by atoms with E-state index in [1.54, 1.807) is 12.4 Å². The molecule has 6 rings (SSSR count). The number of likely N-dealkylation sites (tertiary alicyclic amines) is 1. The summed E-state index contributed by atoms with van der Waals surface area (Å²) in [6, 6.07) is 20.2. The van der Waals surface area contributed by atoms with Gasteiger partial charge in [-0.1, -0.05) is 48.0 Å². The summed E-state index contributed by atoms with van der Waals surface area (Å²) in [7, 11) is 0. The molecule has 0 bridgehead atoms. The van der Waals surface area contributed by atoms with Crippen LogP contribution in [-0.4, -0.2) is 66.3 Å². The molecule has 1 aliphatic carbocycles.